The van der Waals surface area contributed by atoms with Crippen LogP contribution in [0.1, 0.15) is 17.5 Å². The van der Waals surface area contributed by atoms with Gasteiger partial charge in [-0.05, 0) is 29.3 Å². The van der Waals surface area contributed by atoms with E-state index >= 15 is 0 Å². The van der Waals surface area contributed by atoms with Crippen LogP contribution in [0.5, 0.6) is 5.75 Å². The lowest BCUT2D eigenvalue weighted by molar-refractivity contribution is -0.385. The van der Waals surface area contributed by atoms with Crippen LogP contribution < -0.4 is 4.74 Å². The number of carbonyl (C=O) groups is 1. The van der Waals surface area contributed by atoms with Crippen molar-refractivity contribution in [3.63, 3.8) is 0 Å². The summed E-state index contributed by atoms with van der Waals surface area (Å²) in [7, 11) is 1.38. The molecule has 0 radical (unpaired) electrons. The van der Waals surface area contributed by atoms with Crippen molar-refractivity contribution in [1.29, 1.82) is 0 Å². The molecule has 132 valence electrons. The van der Waals surface area contributed by atoms with Crippen LogP contribution in [0.3, 0.4) is 0 Å². The minimum Gasteiger partial charge on any atom is -0.490 e. The van der Waals surface area contributed by atoms with Gasteiger partial charge in [-0.15, -0.1) is 0 Å². The molecule has 1 aromatic heterocycles. The predicted molar refractivity (Wildman–Crippen MR) is 90.3 cm³/mol. The smallest absolute Gasteiger partial charge is 0.311 e. The molecule has 2 aromatic rings. The fraction of sp³-hybridized carbons (Fsp3) is 0.294. The second-order valence-electron chi connectivity index (χ2n) is 5.47. The summed E-state index contributed by atoms with van der Waals surface area (Å²) in [5.74, 6) is -0.694. The Morgan fingerprint density at radius 1 is 1.24 bits per heavy atom. The lowest BCUT2D eigenvalue weighted by Crippen LogP contribution is -2.25. The Labute approximate surface area is 144 Å². The first-order valence-electron chi connectivity index (χ1n) is 7.64. The maximum atomic E-state index is 11.2. The van der Waals surface area contributed by atoms with Crippen LogP contribution in [-0.2, 0) is 17.9 Å². The van der Waals surface area contributed by atoms with Gasteiger partial charge in [0.25, 0.3) is 0 Å². The van der Waals surface area contributed by atoms with Crippen LogP contribution in [0.25, 0.3) is 0 Å². The van der Waals surface area contributed by atoms with E-state index in [1.807, 2.05) is 17.0 Å². The number of pyridine rings is 1. The molecule has 0 aliphatic carbocycles. The molecule has 0 atom stereocenters. The highest BCUT2D eigenvalue weighted by atomic mass is 16.6. The Morgan fingerprint density at radius 2 is 1.92 bits per heavy atom. The summed E-state index contributed by atoms with van der Waals surface area (Å²) in [5, 5.41) is 20.1. The maximum absolute atomic E-state index is 11.2. The molecule has 0 bridgehead atoms. The topological polar surface area (TPSA) is 106 Å². The van der Waals surface area contributed by atoms with Gasteiger partial charge in [0, 0.05) is 38.1 Å². The van der Waals surface area contributed by atoms with Gasteiger partial charge in [-0.1, -0.05) is 6.07 Å². The molecule has 8 heteroatoms. The molecule has 0 amide bonds. The molecule has 1 N–H and O–H groups in total. The molecule has 8 nitrogen and oxygen atoms in total. The molecule has 0 unspecified atom stereocenters. The standard InChI is InChI=1S/C17H19N3O5/c1-25-16-3-2-14(10-15(16)20(23)24)12-19(9-6-17(21)22)11-13-4-7-18-8-5-13/h2-5,7-8,10H,6,9,11-12H2,1H3,(H,21,22). The van der Waals surface area contributed by atoms with Crippen molar-refractivity contribution in [1.82, 2.24) is 9.88 Å². The number of nitro benzene ring substituents is 1. The summed E-state index contributed by atoms with van der Waals surface area (Å²) in [6, 6.07) is 8.45. The van der Waals surface area contributed by atoms with Gasteiger partial charge in [-0.25, -0.2) is 0 Å². The average Bonchev–Trinajstić information content (AvgIpc) is 2.60. The molecule has 0 spiro atoms. The largest absolute Gasteiger partial charge is 0.490 e. The third-order valence-corrected chi connectivity index (χ3v) is 3.64. The van der Waals surface area contributed by atoms with Gasteiger partial charge >= 0.3 is 11.7 Å². The number of benzene rings is 1. The van der Waals surface area contributed by atoms with Gasteiger partial charge in [0.15, 0.2) is 5.75 Å². The van der Waals surface area contributed by atoms with Gasteiger partial charge in [-0.2, -0.15) is 0 Å². The third-order valence-electron chi connectivity index (χ3n) is 3.64. The lowest BCUT2D eigenvalue weighted by atomic mass is 10.1. The Kier molecular flexibility index (Phi) is 6.41. The highest BCUT2D eigenvalue weighted by Crippen LogP contribution is 2.28. The second-order valence-corrected chi connectivity index (χ2v) is 5.47. The van der Waals surface area contributed by atoms with Crippen molar-refractivity contribution in [2.24, 2.45) is 0 Å². The molecule has 0 saturated carbocycles. The number of carboxylic acid groups (broad SMARTS) is 1. The van der Waals surface area contributed by atoms with Crippen LogP contribution in [0.4, 0.5) is 5.69 Å². The monoisotopic (exact) mass is 345 g/mol. The zero-order valence-corrected chi connectivity index (χ0v) is 13.8. The van der Waals surface area contributed by atoms with Crippen molar-refractivity contribution in [3.05, 3.63) is 64.0 Å². The number of nitro groups is 1. The molecular formula is C17H19N3O5. The number of nitrogens with zero attached hydrogens (tertiary/aromatic N) is 3. The molecule has 2 rings (SSSR count). The summed E-state index contributed by atoms with van der Waals surface area (Å²) in [4.78, 5) is 27.4. The fourth-order valence-electron chi connectivity index (χ4n) is 2.45. The van der Waals surface area contributed by atoms with Gasteiger partial charge in [0.1, 0.15) is 0 Å². The lowest BCUT2D eigenvalue weighted by Gasteiger charge is -2.22. The molecule has 1 aromatic carbocycles. The van der Waals surface area contributed by atoms with Crippen LogP contribution in [0, 0.1) is 10.1 Å². The Balaban J connectivity index is 2.18. The number of rotatable bonds is 9. The van der Waals surface area contributed by atoms with Crippen molar-refractivity contribution >= 4 is 11.7 Å². The zero-order chi connectivity index (χ0) is 18.2. The summed E-state index contributed by atoms with van der Waals surface area (Å²) in [5.41, 5.74) is 1.59. The molecular weight excluding hydrogens is 326 g/mol. The second kappa shape index (κ2) is 8.74. The number of methoxy groups -OCH3 is 1. The third kappa shape index (κ3) is 5.54. The minimum atomic E-state index is -0.888. The molecule has 0 fully saturated rings. The van der Waals surface area contributed by atoms with E-state index in [-0.39, 0.29) is 17.9 Å². The van der Waals surface area contributed by atoms with Crippen molar-refractivity contribution < 1.29 is 19.6 Å². The Morgan fingerprint density at radius 3 is 2.52 bits per heavy atom. The molecule has 25 heavy (non-hydrogen) atoms. The minimum absolute atomic E-state index is 0.0106. The highest BCUT2D eigenvalue weighted by molar-refractivity contribution is 5.66. The fourth-order valence-corrected chi connectivity index (χ4v) is 2.45. The van der Waals surface area contributed by atoms with Gasteiger partial charge in [0.05, 0.1) is 18.5 Å². The van der Waals surface area contributed by atoms with E-state index in [1.165, 1.54) is 13.2 Å². The average molecular weight is 345 g/mol. The number of carboxylic acids is 1. The summed E-state index contributed by atoms with van der Waals surface area (Å²) in [6.45, 7) is 1.24. The number of hydrogen-bond acceptors (Lipinski definition) is 6. The SMILES string of the molecule is COc1ccc(CN(CCC(=O)O)Cc2ccncc2)cc1[N+](=O)[O-]. The van der Waals surface area contributed by atoms with Gasteiger partial charge < -0.3 is 9.84 Å². The van der Waals surface area contributed by atoms with E-state index in [0.29, 0.717) is 25.2 Å². The molecule has 0 aliphatic rings. The zero-order valence-electron chi connectivity index (χ0n) is 13.8. The first-order valence-corrected chi connectivity index (χ1v) is 7.64. The van der Waals surface area contributed by atoms with Crippen LogP contribution in [0.2, 0.25) is 0 Å². The maximum Gasteiger partial charge on any atom is 0.311 e. The normalized spacial score (nSPS) is 10.6. The number of ether oxygens (including phenoxy) is 1. The molecule has 0 aliphatic heterocycles. The summed E-state index contributed by atoms with van der Waals surface area (Å²) in [6.07, 6.45) is 3.33. The molecule has 0 saturated heterocycles. The Bertz CT molecular complexity index is 736. The van der Waals surface area contributed by atoms with Crippen LogP contribution in [0.15, 0.2) is 42.7 Å². The summed E-state index contributed by atoms with van der Waals surface area (Å²) >= 11 is 0. The van der Waals surface area contributed by atoms with E-state index in [4.69, 9.17) is 9.84 Å². The first kappa shape index (κ1) is 18.3. The van der Waals surface area contributed by atoms with Gasteiger partial charge in [-0.3, -0.25) is 24.8 Å². The van der Waals surface area contributed by atoms with Crippen LogP contribution in [-0.4, -0.2) is 39.5 Å². The van der Waals surface area contributed by atoms with Crippen molar-refractivity contribution in [2.75, 3.05) is 13.7 Å². The highest BCUT2D eigenvalue weighted by Gasteiger charge is 2.17. The number of hydrogen-bond donors (Lipinski definition) is 1. The predicted octanol–water partition coefficient (Wildman–Crippen LogP) is 2.48. The quantitative estimate of drug-likeness (QED) is 0.549. The van der Waals surface area contributed by atoms with E-state index in [0.717, 1.165) is 5.56 Å². The van der Waals surface area contributed by atoms with E-state index in [1.54, 1.807) is 24.5 Å². The van der Waals surface area contributed by atoms with Gasteiger partial charge in [0.2, 0.25) is 0 Å². The van der Waals surface area contributed by atoms with E-state index in [2.05, 4.69) is 4.98 Å². The summed E-state index contributed by atoms with van der Waals surface area (Å²) < 4.78 is 5.00. The van der Waals surface area contributed by atoms with E-state index in [9.17, 15) is 14.9 Å². The van der Waals surface area contributed by atoms with Crippen LogP contribution >= 0.6 is 0 Å². The Hall–Kier alpha value is -3.00. The van der Waals surface area contributed by atoms with Crippen molar-refractivity contribution in [3.8, 4) is 5.75 Å². The van der Waals surface area contributed by atoms with E-state index < -0.39 is 10.9 Å². The van der Waals surface area contributed by atoms with Crippen molar-refractivity contribution in [2.45, 2.75) is 19.5 Å². The number of aliphatic carboxylic acids is 1. The first-order chi connectivity index (χ1) is 12.0. The molecule has 1 heterocycles. The number of aromatic nitrogens is 1.